The third kappa shape index (κ3) is 3.21. The predicted molar refractivity (Wildman–Crippen MR) is 98.8 cm³/mol. The SMILES string of the molecule is CCN(CC)S(=O)(=O)c1ccc2c(c1)CCN2C(=O)c1cnc(C)s1. The number of hydrogen-bond donors (Lipinski definition) is 0. The van der Waals surface area contributed by atoms with E-state index in [1.54, 1.807) is 29.3 Å². The maximum absolute atomic E-state index is 12.7. The number of fused-ring (bicyclic) bond motifs is 1. The summed E-state index contributed by atoms with van der Waals surface area (Å²) in [6, 6.07) is 5.04. The summed E-state index contributed by atoms with van der Waals surface area (Å²) in [6.07, 6.45) is 2.25. The van der Waals surface area contributed by atoms with Crippen LogP contribution in [-0.4, -0.2) is 43.2 Å². The highest BCUT2D eigenvalue weighted by Gasteiger charge is 2.29. The molecule has 134 valence electrons. The Morgan fingerprint density at radius 2 is 2.04 bits per heavy atom. The van der Waals surface area contributed by atoms with Crippen LogP contribution in [-0.2, 0) is 16.4 Å². The third-order valence-corrected chi connectivity index (χ3v) is 7.31. The van der Waals surface area contributed by atoms with Crippen molar-refractivity contribution in [1.29, 1.82) is 0 Å². The van der Waals surface area contributed by atoms with E-state index in [1.165, 1.54) is 15.6 Å². The number of aromatic nitrogens is 1. The fourth-order valence-corrected chi connectivity index (χ4v) is 5.29. The summed E-state index contributed by atoms with van der Waals surface area (Å²) in [5, 5.41) is 0.850. The number of hydrogen-bond acceptors (Lipinski definition) is 5. The number of amides is 1. The smallest absolute Gasteiger partial charge is 0.270 e. The van der Waals surface area contributed by atoms with Crippen molar-refractivity contribution < 1.29 is 13.2 Å². The lowest BCUT2D eigenvalue weighted by molar-refractivity contribution is 0.0993. The predicted octanol–water partition coefficient (Wildman–Crippen LogP) is 2.68. The Balaban J connectivity index is 1.92. The van der Waals surface area contributed by atoms with E-state index in [0.717, 1.165) is 16.3 Å². The van der Waals surface area contributed by atoms with Crippen LogP contribution in [0.15, 0.2) is 29.3 Å². The van der Waals surface area contributed by atoms with Crippen molar-refractivity contribution in [3.63, 3.8) is 0 Å². The molecule has 0 N–H and O–H groups in total. The van der Waals surface area contributed by atoms with Crippen molar-refractivity contribution in [2.24, 2.45) is 0 Å². The Hall–Kier alpha value is -1.77. The van der Waals surface area contributed by atoms with Crippen LogP contribution in [0, 0.1) is 6.92 Å². The first-order valence-corrected chi connectivity index (χ1v) is 10.5. The molecule has 1 aliphatic heterocycles. The highest BCUT2D eigenvalue weighted by Crippen LogP contribution is 2.32. The normalized spacial score (nSPS) is 14.2. The molecule has 1 aromatic carbocycles. The van der Waals surface area contributed by atoms with Gasteiger partial charge in [0.2, 0.25) is 10.0 Å². The Kier molecular flexibility index (Phi) is 4.95. The summed E-state index contributed by atoms with van der Waals surface area (Å²) >= 11 is 1.37. The van der Waals surface area contributed by atoms with E-state index in [2.05, 4.69) is 4.98 Å². The van der Waals surface area contributed by atoms with Gasteiger partial charge in [0.15, 0.2) is 0 Å². The van der Waals surface area contributed by atoms with Crippen molar-refractivity contribution in [3.05, 3.63) is 39.8 Å². The number of aryl methyl sites for hydroxylation is 1. The molecule has 0 saturated heterocycles. The van der Waals surface area contributed by atoms with Gasteiger partial charge in [-0.1, -0.05) is 13.8 Å². The Labute approximate surface area is 152 Å². The van der Waals surface area contributed by atoms with Crippen LogP contribution in [0.2, 0.25) is 0 Å². The van der Waals surface area contributed by atoms with Gasteiger partial charge in [-0.15, -0.1) is 11.3 Å². The number of nitrogens with zero attached hydrogens (tertiary/aromatic N) is 3. The van der Waals surface area contributed by atoms with Crippen molar-refractivity contribution >= 4 is 33.0 Å². The van der Waals surface area contributed by atoms with Crippen LogP contribution >= 0.6 is 11.3 Å². The molecule has 3 rings (SSSR count). The van der Waals surface area contributed by atoms with Gasteiger partial charge in [-0.3, -0.25) is 4.79 Å². The molecule has 2 heterocycles. The molecule has 0 saturated carbocycles. The first-order chi connectivity index (χ1) is 11.9. The van der Waals surface area contributed by atoms with Crippen molar-refractivity contribution in [3.8, 4) is 0 Å². The summed E-state index contributed by atoms with van der Waals surface area (Å²) < 4.78 is 26.8. The van der Waals surface area contributed by atoms with Crippen molar-refractivity contribution in [1.82, 2.24) is 9.29 Å². The summed E-state index contributed by atoms with van der Waals surface area (Å²) in [5.41, 5.74) is 1.68. The lowest BCUT2D eigenvalue weighted by atomic mass is 10.2. The average Bonchev–Trinajstić information content (AvgIpc) is 3.20. The molecule has 1 amide bonds. The van der Waals surface area contributed by atoms with E-state index in [0.29, 0.717) is 30.9 Å². The minimum Gasteiger partial charge on any atom is -0.307 e. The van der Waals surface area contributed by atoms with Gasteiger partial charge in [0.1, 0.15) is 4.88 Å². The number of carbonyl (C=O) groups is 1. The molecule has 8 heteroatoms. The third-order valence-electron chi connectivity index (χ3n) is 4.37. The summed E-state index contributed by atoms with van der Waals surface area (Å²) in [7, 11) is -3.49. The van der Waals surface area contributed by atoms with Crippen LogP contribution < -0.4 is 4.90 Å². The van der Waals surface area contributed by atoms with E-state index in [9.17, 15) is 13.2 Å². The maximum atomic E-state index is 12.7. The zero-order valence-corrected chi connectivity index (χ0v) is 16.2. The molecule has 6 nitrogen and oxygen atoms in total. The first kappa shape index (κ1) is 18.0. The molecule has 0 atom stereocenters. The minimum absolute atomic E-state index is 0.0799. The van der Waals surface area contributed by atoms with Gasteiger partial charge in [-0.2, -0.15) is 4.31 Å². The highest BCUT2D eigenvalue weighted by molar-refractivity contribution is 7.89. The van der Waals surface area contributed by atoms with Crippen LogP contribution in [0.25, 0.3) is 0 Å². The quantitative estimate of drug-likeness (QED) is 0.801. The van der Waals surface area contributed by atoms with Crippen molar-refractivity contribution in [2.45, 2.75) is 32.1 Å². The second-order valence-electron chi connectivity index (χ2n) is 5.83. The molecule has 2 aromatic rings. The van der Waals surface area contributed by atoms with Crippen LogP contribution in [0.4, 0.5) is 5.69 Å². The summed E-state index contributed by atoms with van der Waals surface area (Å²) in [5.74, 6) is -0.0799. The topological polar surface area (TPSA) is 70.6 Å². The molecular weight excluding hydrogens is 358 g/mol. The van der Waals surface area contributed by atoms with E-state index in [4.69, 9.17) is 0 Å². The number of thiazole rings is 1. The van der Waals surface area contributed by atoms with Gasteiger partial charge in [0.25, 0.3) is 5.91 Å². The fraction of sp³-hybridized carbons (Fsp3) is 0.412. The number of sulfonamides is 1. The van der Waals surface area contributed by atoms with Gasteiger partial charge in [-0.05, 0) is 37.1 Å². The van der Waals surface area contributed by atoms with Gasteiger partial charge in [0, 0.05) is 25.3 Å². The number of carbonyl (C=O) groups excluding carboxylic acids is 1. The second-order valence-corrected chi connectivity index (χ2v) is 9.00. The molecular formula is C17H21N3O3S2. The van der Waals surface area contributed by atoms with E-state index < -0.39 is 10.0 Å². The van der Waals surface area contributed by atoms with Gasteiger partial charge < -0.3 is 4.90 Å². The number of anilines is 1. The summed E-state index contributed by atoms with van der Waals surface area (Å²) in [4.78, 5) is 19.4. The van der Waals surface area contributed by atoms with Crippen LogP contribution in [0.3, 0.4) is 0 Å². The van der Waals surface area contributed by atoms with Crippen LogP contribution in [0.5, 0.6) is 0 Å². The molecule has 0 unspecified atom stereocenters. The Bertz CT molecular complexity index is 902. The van der Waals surface area contributed by atoms with Crippen LogP contribution in [0.1, 0.15) is 34.1 Å². The molecule has 0 bridgehead atoms. The fourth-order valence-electron chi connectivity index (χ4n) is 3.06. The highest BCUT2D eigenvalue weighted by atomic mass is 32.2. The van der Waals surface area contributed by atoms with E-state index in [1.807, 2.05) is 20.8 Å². The zero-order valence-electron chi connectivity index (χ0n) is 14.5. The lowest BCUT2D eigenvalue weighted by Gasteiger charge is -2.20. The Morgan fingerprint density at radius 3 is 2.64 bits per heavy atom. The average molecular weight is 380 g/mol. The Morgan fingerprint density at radius 1 is 1.32 bits per heavy atom. The monoisotopic (exact) mass is 379 g/mol. The molecule has 0 aliphatic carbocycles. The van der Waals surface area contributed by atoms with E-state index in [-0.39, 0.29) is 10.8 Å². The van der Waals surface area contributed by atoms with E-state index >= 15 is 0 Å². The maximum Gasteiger partial charge on any atom is 0.270 e. The zero-order chi connectivity index (χ0) is 18.2. The number of rotatable bonds is 5. The largest absolute Gasteiger partial charge is 0.307 e. The standard InChI is InChI=1S/C17H21N3O3S2/c1-4-19(5-2)25(22,23)14-6-7-15-13(10-14)8-9-20(15)17(21)16-11-18-12(3)24-16/h6-7,10-11H,4-5,8-9H2,1-3H3. The molecule has 1 aliphatic rings. The van der Waals surface area contributed by atoms with Gasteiger partial charge >= 0.3 is 0 Å². The first-order valence-electron chi connectivity index (χ1n) is 8.25. The molecule has 1 aromatic heterocycles. The molecule has 0 radical (unpaired) electrons. The molecule has 25 heavy (non-hydrogen) atoms. The number of benzene rings is 1. The minimum atomic E-state index is -3.49. The summed E-state index contributed by atoms with van der Waals surface area (Å²) in [6.45, 7) is 6.94. The molecule has 0 fully saturated rings. The lowest BCUT2D eigenvalue weighted by Crippen LogP contribution is -2.30. The van der Waals surface area contributed by atoms with Crippen molar-refractivity contribution in [2.75, 3.05) is 24.5 Å². The second kappa shape index (κ2) is 6.86. The molecule has 0 spiro atoms. The van der Waals surface area contributed by atoms with Gasteiger partial charge in [-0.25, -0.2) is 13.4 Å². The van der Waals surface area contributed by atoms with Gasteiger partial charge in [0.05, 0.1) is 16.1 Å².